The monoisotopic (exact) mass is 331 g/mol. The van der Waals surface area contributed by atoms with Crippen molar-refractivity contribution in [2.45, 2.75) is 46.1 Å². The molecule has 0 radical (unpaired) electrons. The van der Waals surface area contributed by atoms with Crippen LogP contribution in [-0.4, -0.2) is 12.6 Å². The van der Waals surface area contributed by atoms with Gasteiger partial charge in [-0.05, 0) is 55.5 Å². The predicted octanol–water partition coefficient (Wildman–Crippen LogP) is 6.04. The molecule has 3 heteroatoms. The lowest BCUT2D eigenvalue weighted by molar-refractivity contribution is 0.231. The Labute approximate surface area is 144 Å². The Balaban J connectivity index is 1.97. The van der Waals surface area contributed by atoms with E-state index in [0.29, 0.717) is 5.92 Å². The van der Waals surface area contributed by atoms with E-state index in [-0.39, 0.29) is 6.10 Å². The molecule has 2 rings (SSSR count). The molecular formula is C20H26ClNO. The summed E-state index contributed by atoms with van der Waals surface area (Å²) in [5.74, 6) is 1.49. The van der Waals surface area contributed by atoms with E-state index in [1.807, 2.05) is 31.2 Å². The lowest BCUT2D eigenvalue weighted by Gasteiger charge is -2.20. The third kappa shape index (κ3) is 4.90. The Bertz CT molecular complexity index is 641. The van der Waals surface area contributed by atoms with E-state index in [2.05, 4.69) is 44.3 Å². The van der Waals surface area contributed by atoms with Gasteiger partial charge >= 0.3 is 0 Å². The number of anilines is 1. The van der Waals surface area contributed by atoms with Crippen molar-refractivity contribution >= 4 is 17.3 Å². The molecule has 2 unspecified atom stereocenters. The minimum absolute atomic E-state index is 0.0697. The molecule has 0 saturated carbocycles. The van der Waals surface area contributed by atoms with Crippen LogP contribution in [0, 0.1) is 6.92 Å². The zero-order valence-corrected chi connectivity index (χ0v) is 15.2. The number of hydrogen-bond acceptors (Lipinski definition) is 2. The van der Waals surface area contributed by atoms with Gasteiger partial charge in [0.25, 0.3) is 0 Å². The summed E-state index contributed by atoms with van der Waals surface area (Å²) in [5.41, 5.74) is 3.38. The number of benzene rings is 2. The van der Waals surface area contributed by atoms with Crippen LogP contribution in [0.5, 0.6) is 5.75 Å². The highest BCUT2D eigenvalue weighted by Crippen LogP contribution is 2.29. The SMILES string of the molecule is CCC(C)c1ccccc1OC(C)CNc1ccc(C)c(Cl)c1. The third-order valence-corrected chi connectivity index (χ3v) is 4.56. The first-order valence-electron chi connectivity index (χ1n) is 8.26. The first-order chi connectivity index (χ1) is 11.0. The number of hydrogen-bond donors (Lipinski definition) is 1. The van der Waals surface area contributed by atoms with E-state index in [4.69, 9.17) is 16.3 Å². The molecule has 0 aliphatic rings. The van der Waals surface area contributed by atoms with Crippen LogP contribution in [0.4, 0.5) is 5.69 Å². The second-order valence-corrected chi connectivity index (χ2v) is 6.53. The number of nitrogens with one attached hydrogen (secondary N) is 1. The summed E-state index contributed by atoms with van der Waals surface area (Å²) >= 11 is 6.16. The van der Waals surface area contributed by atoms with Crippen LogP contribution in [0.25, 0.3) is 0 Å². The first-order valence-corrected chi connectivity index (χ1v) is 8.64. The second kappa shape index (κ2) is 8.26. The summed E-state index contributed by atoms with van der Waals surface area (Å²) in [5, 5.41) is 4.17. The normalized spacial score (nSPS) is 13.4. The molecule has 0 heterocycles. The molecule has 0 fully saturated rings. The van der Waals surface area contributed by atoms with Crippen molar-refractivity contribution in [2.75, 3.05) is 11.9 Å². The standard InChI is InChI=1S/C20H26ClNO/c1-5-14(2)18-8-6-7-9-20(18)23-16(4)13-22-17-11-10-15(3)19(21)12-17/h6-12,14,16,22H,5,13H2,1-4H3. The fourth-order valence-corrected chi connectivity index (χ4v) is 2.62. The molecule has 1 N–H and O–H groups in total. The third-order valence-electron chi connectivity index (χ3n) is 4.16. The van der Waals surface area contributed by atoms with Gasteiger partial charge in [-0.15, -0.1) is 0 Å². The summed E-state index contributed by atoms with van der Waals surface area (Å²) in [6, 6.07) is 14.3. The molecule has 0 amide bonds. The summed E-state index contributed by atoms with van der Waals surface area (Å²) in [4.78, 5) is 0. The molecule has 2 aromatic rings. The number of aryl methyl sites for hydroxylation is 1. The zero-order chi connectivity index (χ0) is 16.8. The molecule has 0 aliphatic heterocycles. The van der Waals surface area contributed by atoms with E-state index in [1.54, 1.807) is 0 Å². The van der Waals surface area contributed by atoms with Crippen LogP contribution in [0.15, 0.2) is 42.5 Å². The van der Waals surface area contributed by atoms with Gasteiger partial charge in [0.1, 0.15) is 11.9 Å². The predicted molar refractivity (Wildman–Crippen MR) is 99.9 cm³/mol. The molecule has 2 aromatic carbocycles. The maximum atomic E-state index is 6.16. The van der Waals surface area contributed by atoms with Crippen molar-refractivity contribution in [3.63, 3.8) is 0 Å². The second-order valence-electron chi connectivity index (χ2n) is 6.12. The van der Waals surface area contributed by atoms with Crippen molar-refractivity contribution in [3.05, 3.63) is 58.6 Å². The minimum atomic E-state index is 0.0697. The molecule has 0 aliphatic carbocycles. The Morgan fingerprint density at radius 3 is 2.57 bits per heavy atom. The van der Waals surface area contributed by atoms with Gasteiger partial charge in [0.2, 0.25) is 0 Å². The number of ether oxygens (including phenoxy) is 1. The fourth-order valence-electron chi connectivity index (χ4n) is 2.44. The summed E-state index contributed by atoms with van der Waals surface area (Å²) < 4.78 is 6.15. The molecule has 0 spiro atoms. The Kier molecular flexibility index (Phi) is 6.35. The van der Waals surface area contributed by atoms with Crippen LogP contribution < -0.4 is 10.1 Å². The van der Waals surface area contributed by atoms with Crippen molar-refractivity contribution in [1.29, 1.82) is 0 Å². The first kappa shape index (κ1) is 17.7. The molecular weight excluding hydrogens is 306 g/mol. The maximum absolute atomic E-state index is 6.16. The number of rotatable bonds is 7. The fraction of sp³-hybridized carbons (Fsp3) is 0.400. The van der Waals surface area contributed by atoms with E-state index < -0.39 is 0 Å². The highest BCUT2D eigenvalue weighted by Gasteiger charge is 2.12. The van der Waals surface area contributed by atoms with Gasteiger partial charge in [-0.2, -0.15) is 0 Å². The van der Waals surface area contributed by atoms with Crippen molar-refractivity contribution in [2.24, 2.45) is 0 Å². The highest BCUT2D eigenvalue weighted by molar-refractivity contribution is 6.31. The van der Waals surface area contributed by atoms with Gasteiger partial charge in [0, 0.05) is 10.7 Å². The smallest absolute Gasteiger partial charge is 0.123 e. The minimum Gasteiger partial charge on any atom is -0.489 e. The van der Waals surface area contributed by atoms with Gasteiger partial charge in [0.05, 0.1) is 6.54 Å². The molecule has 23 heavy (non-hydrogen) atoms. The topological polar surface area (TPSA) is 21.3 Å². The Hall–Kier alpha value is -1.67. The van der Waals surface area contributed by atoms with Crippen molar-refractivity contribution in [1.82, 2.24) is 0 Å². The number of halogens is 1. The summed E-state index contributed by atoms with van der Waals surface area (Å²) in [6.07, 6.45) is 1.18. The molecule has 2 nitrogen and oxygen atoms in total. The van der Waals surface area contributed by atoms with Crippen LogP contribution >= 0.6 is 11.6 Å². The van der Waals surface area contributed by atoms with Gasteiger partial charge in [0.15, 0.2) is 0 Å². The molecule has 0 bridgehead atoms. The van der Waals surface area contributed by atoms with E-state index in [0.717, 1.165) is 35.0 Å². The van der Waals surface area contributed by atoms with Gasteiger partial charge < -0.3 is 10.1 Å². The molecule has 124 valence electrons. The van der Waals surface area contributed by atoms with Crippen molar-refractivity contribution < 1.29 is 4.74 Å². The average Bonchev–Trinajstić information content (AvgIpc) is 2.55. The van der Waals surface area contributed by atoms with E-state index in [9.17, 15) is 0 Å². The average molecular weight is 332 g/mol. The van der Waals surface area contributed by atoms with Gasteiger partial charge in [-0.1, -0.05) is 49.7 Å². The van der Waals surface area contributed by atoms with E-state index in [1.165, 1.54) is 5.56 Å². The van der Waals surface area contributed by atoms with Crippen LogP contribution in [0.1, 0.15) is 44.2 Å². The molecule has 2 atom stereocenters. The molecule has 0 saturated heterocycles. The zero-order valence-electron chi connectivity index (χ0n) is 14.4. The largest absolute Gasteiger partial charge is 0.489 e. The van der Waals surface area contributed by atoms with Gasteiger partial charge in [-0.3, -0.25) is 0 Å². The Morgan fingerprint density at radius 1 is 1.13 bits per heavy atom. The molecule has 0 aromatic heterocycles. The van der Waals surface area contributed by atoms with Crippen LogP contribution in [-0.2, 0) is 0 Å². The summed E-state index contributed by atoms with van der Waals surface area (Å²) in [6.45, 7) is 9.25. The maximum Gasteiger partial charge on any atom is 0.123 e. The lowest BCUT2D eigenvalue weighted by atomic mass is 9.98. The van der Waals surface area contributed by atoms with Crippen molar-refractivity contribution in [3.8, 4) is 5.75 Å². The Morgan fingerprint density at radius 2 is 1.87 bits per heavy atom. The van der Waals surface area contributed by atoms with Gasteiger partial charge in [-0.25, -0.2) is 0 Å². The highest BCUT2D eigenvalue weighted by atomic mass is 35.5. The summed E-state index contributed by atoms with van der Waals surface area (Å²) in [7, 11) is 0. The van der Waals surface area contributed by atoms with E-state index >= 15 is 0 Å². The van der Waals surface area contributed by atoms with Crippen LogP contribution in [0.2, 0.25) is 5.02 Å². The quantitative estimate of drug-likeness (QED) is 0.667. The van der Waals surface area contributed by atoms with Crippen LogP contribution in [0.3, 0.4) is 0 Å². The number of para-hydroxylation sites is 1. The lowest BCUT2D eigenvalue weighted by Crippen LogP contribution is -2.23.